The Hall–Kier alpha value is -0.940. The summed E-state index contributed by atoms with van der Waals surface area (Å²) in [5.41, 5.74) is 1.19. The Morgan fingerprint density at radius 2 is 2.47 bits per heavy atom. The number of hydrogen-bond donors (Lipinski definition) is 1. The molecule has 1 fully saturated rings. The van der Waals surface area contributed by atoms with E-state index in [-0.39, 0.29) is 0 Å². The lowest BCUT2D eigenvalue weighted by atomic mass is 9.96. The second-order valence-electron chi connectivity index (χ2n) is 4.53. The first-order valence-corrected chi connectivity index (χ1v) is 6.56. The Kier molecular flexibility index (Phi) is 4.50. The monoisotopic (exact) mass is 238 g/mol. The topological polar surface area (TPSA) is 52.0 Å². The number of aryl methyl sites for hydroxylation is 1. The molecule has 5 nitrogen and oxygen atoms in total. The van der Waals surface area contributed by atoms with Crippen molar-refractivity contribution in [1.29, 1.82) is 0 Å². The highest BCUT2D eigenvalue weighted by Crippen LogP contribution is 2.28. The van der Waals surface area contributed by atoms with Crippen molar-refractivity contribution in [2.45, 2.75) is 39.3 Å². The minimum absolute atomic E-state index is 0.326. The van der Waals surface area contributed by atoms with Crippen LogP contribution in [0.25, 0.3) is 0 Å². The zero-order valence-corrected chi connectivity index (χ0v) is 10.7. The zero-order valence-electron chi connectivity index (χ0n) is 10.7. The molecule has 0 saturated carbocycles. The fourth-order valence-electron chi connectivity index (χ4n) is 2.38. The van der Waals surface area contributed by atoms with Crippen LogP contribution in [0.15, 0.2) is 6.20 Å². The van der Waals surface area contributed by atoms with Crippen LogP contribution in [0.4, 0.5) is 0 Å². The van der Waals surface area contributed by atoms with Gasteiger partial charge in [0.15, 0.2) is 0 Å². The smallest absolute Gasteiger partial charge is 0.0760 e. The van der Waals surface area contributed by atoms with Crippen molar-refractivity contribution < 1.29 is 4.74 Å². The van der Waals surface area contributed by atoms with Gasteiger partial charge in [-0.25, -0.2) is 4.68 Å². The van der Waals surface area contributed by atoms with Gasteiger partial charge in [-0.1, -0.05) is 12.1 Å². The van der Waals surface area contributed by atoms with Gasteiger partial charge in [0.05, 0.1) is 24.5 Å². The maximum atomic E-state index is 5.50. The lowest BCUT2D eigenvalue weighted by Crippen LogP contribution is -2.31. The Labute approximate surface area is 103 Å². The van der Waals surface area contributed by atoms with E-state index in [9.17, 15) is 0 Å². The molecule has 0 bridgehead atoms. The van der Waals surface area contributed by atoms with Gasteiger partial charge < -0.3 is 10.1 Å². The van der Waals surface area contributed by atoms with E-state index in [0.717, 1.165) is 39.1 Å². The number of hydrogen-bond acceptors (Lipinski definition) is 4. The van der Waals surface area contributed by atoms with Crippen LogP contribution in [0.3, 0.4) is 0 Å². The van der Waals surface area contributed by atoms with Gasteiger partial charge in [-0.2, -0.15) is 0 Å². The summed E-state index contributed by atoms with van der Waals surface area (Å²) in [5.74, 6) is 0.547. The minimum Gasteiger partial charge on any atom is -0.381 e. The molecule has 96 valence electrons. The van der Waals surface area contributed by atoms with E-state index in [4.69, 9.17) is 4.74 Å². The molecule has 0 amide bonds. The predicted molar refractivity (Wildman–Crippen MR) is 65.7 cm³/mol. The van der Waals surface area contributed by atoms with Gasteiger partial charge in [0.1, 0.15) is 0 Å². The van der Waals surface area contributed by atoms with E-state index in [2.05, 4.69) is 29.5 Å². The molecule has 5 heteroatoms. The molecular formula is C12H22N4O. The SMILES string of the molecule is CCCNC(c1cnnn1CC)C1CCOC1. The summed E-state index contributed by atoms with van der Waals surface area (Å²) in [7, 11) is 0. The zero-order chi connectivity index (χ0) is 12.1. The third kappa shape index (κ3) is 2.84. The first-order chi connectivity index (χ1) is 8.36. The van der Waals surface area contributed by atoms with Crippen molar-refractivity contribution in [1.82, 2.24) is 20.3 Å². The van der Waals surface area contributed by atoms with Crippen LogP contribution in [-0.4, -0.2) is 34.8 Å². The summed E-state index contributed by atoms with van der Waals surface area (Å²) in [6, 6.07) is 0.326. The molecule has 1 aromatic heterocycles. The summed E-state index contributed by atoms with van der Waals surface area (Å²) in [5, 5.41) is 11.8. The average Bonchev–Trinajstić information content (AvgIpc) is 3.00. The molecule has 0 aromatic carbocycles. The normalized spacial score (nSPS) is 21.9. The van der Waals surface area contributed by atoms with Crippen molar-refractivity contribution in [2.24, 2.45) is 5.92 Å². The molecule has 2 heterocycles. The third-order valence-electron chi connectivity index (χ3n) is 3.32. The maximum Gasteiger partial charge on any atom is 0.0760 e. The van der Waals surface area contributed by atoms with Gasteiger partial charge in [-0.3, -0.25) is 0 Å². The van der Waals surface area contributed by atoms with Crippen molar-refractivity contribution in [3.63, 3.8) is 0 Å². The van der Waals surface area contributed by atoms with Gasteiger partial charge in [0.2, 0.25) is 0 Å². The van der Waals surface area contributed by atoms with Crippen LogP contribution in [0, 0.1) is 5.92 Å². The second-order valence-corrected chi connectivity index (χ2v) is 4.53. The number of nitrogens with zero attached hydrogens (tertiary/aromatic N) is 3. The summed E-state index contributed by atoms with van der Waals surface area (Å²) in [4.78, 5) is 0. The maximum absolute atomic E-state index is 5.50. The number of rotatable bonds is 6. The molecule has 0 radical (unpaired) electrons. The highest BCUT2D eigenvalue weighted by atomic mass is 16.5. The van der Waals surface area contributed by atoms with E-state index in [1.807, 2.05) is 10.9 Å². The third-order valence-corrected chi connectivity index (χ3v) is 3.32. The molecule has 1 aliphatic heterocycles. The number of ether oxygens (including phenoxy) is 1. The Balaban J connectivity index is 2.13. The van der Waals surface area contributed by atoms with Crippen LogP contribution >= 0.6 is 0 Å². The van der Waals surface area contributed by atoms with Gasteiger partial charge in [-0.15, -0.1) is 5.10 Å². The van der Waals surface area contributed by atoms with Crippen molar-refractivity contribution in [2.75, 3.05) is 19.8 Å². The van der Waals surface area contributed by atoms with Crippen molar-refractivity contribution >= 4 is 0 Å². The predicted octanol–water partition coefficient (Wildman–Crippen LogP) is 1.38. The highest BCUT2D eigenvalue weighted by molar-refractivity contribution is 5.05. The molecular weight excluding hydrogens is 216 g/mol. The Morgan fingerprint density at radius 3 is 3.12 bits per heavy atom. The fraction of sp³-hybridized carbons (Fsp3) is 0.833. The standard InChI is InChI=1S/C12H22N4O/c1-3-6-13-12(10-5-7-17-9-10)11-8-14-15-16(11)4-2/h8,10,12-13H,3-7,9H2,1-2H3. The molecule has 17 heavy (non-hydrogen) atoms. The van der Waals surface area contributed by atoms with E-state index in [1.54, 1.807) is 0 Å². The first-order valence-electron chi connectivity index (χ1n) is 6.56. The summed E-state index contributed by atoms with van der Waals surface area (Å²) in [6.07, 6.45) is 4.14. The molecule has 0 spiro atoms. The van der Waals surface area contributed by atoms with E-state index >= 15 is 0 Å². The van der Waals surface area contributed by atoms with E-state index < -0.39 is 0 Å². The largest absolute Gasteiger partial charge is 0.381 e. The fourth-order valence-corrected chi connectivity index (χ4v) is 2.38. The summed E-state index contributed by atoms with van der Waals surface area (Å²) >= 11 is 0. The quantitative estimate of drug-likeness (QED) is 0.813. The molecule has 1 N–H and O–H groups in total. The van der Waals surface area contributed by atoms with Crippen LogP contribution in [0.1, 0.15) is 38.4 Å². The Bertz CT molecular complexity index is 333. The number of nitrogens with one attached hydrogen (secondary N) is 1. The second kappa shape index (κ2) is 6.12. The summed E-state index contributed by atoms with van der Waals surface area (Å²) < 4.78 is 7.48. The van der Waals surface area contributed by atoms with E-state index in [1.165, 1.54) is 5.69 Å². The highest BCUT2D eigenvalue weighted by Gasteiger charge is 2.29. The lowest BCUT2D eigenvalue weighted by Gasteiger charge is -2.23. The number of aromatic nitrogens is 3. The van der Waals surface area contributed by atoms with Crippen LogP contribution in [-0.2, 0) is 11.3 Å². The van der Waals surface area contributed by atoms with Crippen molar-refractivity contribution in [3.8, 4) is 0 Å². The van der Waals surface area contributed by atoms with Crippen LogP contribution < -0.4 is 5.32 Å². The van der Waals surface area contributed by atoms with Gasteiger partial charge in [0, 0.05) is 19.1 Å². The van der Waals surface area contributed by atoms with Crippen molar-refractivity contribution in [3.05, 3.63) is 11.9 Å². The van der Waals surface area contributed by atoms with Gasteiger partial charge >= 0.3 is 0 Å². The van der Waals surface area contributed by atoms with Gasteiger partial charge in [-0.05, 0) is 26.3 Å². The van der Waals surface area contributed by atoms with E-state index in [0.29, 0.717) is 12.0 Å². The molecule has 2 unspecified atom stereocenters. The minimum atomic E-state index is 0.326. The first kappa shape index (κ1) is 12.5. The van der Waals surface area contributed by atoms with Crippen LogP contribution in [0.2, 0.25) is 0 Å². The van der Waals surface area contributed by atoms with Crippen LogP contribution in [0.5, 0.6) is 0 Å². The summed E-state index contributed by atoms with van der Waals surface area (Å²) in [6.45, 7) is 7.90. The molecule has 0 aliphatic carbocycles. The molecule has 2 rings (SSSR count). The molecule has 1 aliphatic rings. The van der Waals surface area contributed by atoms with Gasteiger partial charge in [0.25, 0.3) is 0 Å². The molecule has 2 atom stereocenters. The molecule has 1 aromatic rings. The molecule has 1 saturated heterocycles. The average molecular weight is 238 g/mol. The lowest BCUT2D eigenvalue weighted by molar-refractivity contribution is 0.175. The Morgan fingerprint density at radius 1 is 1.59 bits per heavy atom.